The summed E-state index contributed by atoms with van der Waals surface area (Å²) in [5, 5.41) is 17.0. The highest BCUT2D eigenvalue weighted by atomic mass is 35.5. The number of hydrogen-bond donors (Lipinski definition) is 3. The highest BCUT2D eigenvalue weighted by Crippen LogP contribution is 2.40. The Balaban J connectivity index is 0.000000159. The smallest absolute Gasteiger partial charge is 0.130 e. The van der Waals surface area contributed by atoms with E-state index in [-0.39, 0.29) is 6.10 Å². The number of carbonyl (C=O) groups is 1. The van der Waals surface area contributed by atoms with E-state index >= 15 is 0 Å². The van der Waals surface area contributed by atoms with Crippen molar-refractivity contribution in [3.05, 3.63) is 39.8 Å². The van der Waals surface area contributed by atoms with E-state index in [1.54, 1.807) is 11.6 Å². The van der Waals surface area contributed by atoms with Gasteiger partial charge in [0.2, 0.25) is 0 Å². The molecule has 2 heterocycles. The van der Waals surface area contributed by atoms with Gasteiger partial charge in [-0.25, -0.2) is 4.39 Å². The van der Waals surface area contributed by atoms with Crippen molar-refractivity contribution in [2.24, 2.45) is 7.05 Å². The zero-order valence-corrected chi connectivity index (χ0v) is 16.2. The molecule has 1 aliphatic carbocycles. The van der Waals surface area contributed by atoms with E-state index in [9.17, 15) is 14.3 Å². The summed E-state index contributed by atoms with van der Waals surface area (Å²) in [5.74, 6) is 0.340. The molecule has 0 radical (unpaired) electrons. The van der Waals surface area contributed by atoms with E-state index in [1.807, 2.05) is 7.05 Å². The number of aryl methyl sites for hydroxylation is 1. The summed E-state index contributed by atoms with van der Waals surface area (Å²) in [7, 11) is 1.83. The zero-order chi connectivity index (χ0) is 19.8. The fourth-order valence-electron chi connectivity index (χ4n) is 3.62. The molecule has 0 amide bonds. The van der Waals surface area contributed by atoms with Crippen LogP contribution in [0, 0.1) is 5.82 Å². The fourth-order valence-corrected chi connectivity index (χ4v) is 3.89. The molecule has 0 spiro atoms. The summed E-state index contributed by atoms with van der Waals surface area (Å²) < 4.78 is 14.9. The number of nitrogen functional groups attached to an aromatic ring is 1. The van der Waals surface area contributed by atoms with Gasteiger partial charge in [0.05, 0.1) is 27.9 Å². The van der Waals surface area contributed by atoms with Gasteiger partial charge < -0.3 is 21.0 Å². The predicted molar refractivity (Wildman–Crippen MR) is 104 cm³/mol. The van der Waals surface area contributed by atoms with Crippen LogP contribution in [0.15, 0.2) is 12.1 Å². The lowest BCUT2D eigenvalue weighted by molar-refractivity contribution is -0.112. The number of fused-ring (bicyclic) bond motifs is 2. The molecular weight excluding hydrogens is 371 g/mol. The number of nitrogens with two attached hydrogens (primary N) is 1. The van der Waals surface area contributed by atoms with Crippen molar-refractivity contribution < 1.29 is 14.3 Å². The van der Waals surface area contributed by atoms with Crippen LogP contribution >= 0.6 is 11.6 Å². The summed E-state index contributed by atoms with van der Waals surface area (Å²) in [6.45, 7) is 2.48. The maximum atomic E-state index is 13.2. The van der Waals surface area contributed by atoms with Crippen LogP contribution in [0.5, 0.6) is 0 Å². The zero-order valence-electron chi connectivity index (χ0n) is 15.4. The Bertz CT molecular complexity index is 870. The molecule has 1 aromatic carbocycles. The number of aldehydes is 1. The molecule has 6 nitrogen and oxygen atoms in total. The number of aromatic nitrogens is 2. The van der Waals surface area contributed by atoms with Crippen molar-refractivity contribution >= 4 is 29.4 Å². The van der Waals surface area contributed by atoms with Crippen LogP contribution in [0.4, 0.5) is 15.9 Å². The van der Waals surface area contributed by atoms with E-state index in [2.05, 4.69) is 10.4 Å². The summed E-state index contributed by atoms with van der Waals surface area (Å²) in [5.41, 5.74) is 8.58. The monoisotopic (exact) mass is 394 g/mol. The van der Waals surface area contributed by atoms with Crippen LogP contribution in [0.3, 0.4) is 0 Å². The molecule has 8 heteroatoms. The second kappa shape index (κ2) is 7.48. The Morgan fingerprint density at radius 3 is 2.96 bits per heavy atom. The Morgan fingerprint density at radius 1 is 1.52 bits per heavy atom. The first-order valence-electron chi connectivity index (χ1n) is 8.93. The minimum atomic E-state index is -0.633. The van der Waals surface area contributed by atoms with Crippen LogP contribution in [0.25, 0.3) is 0 Å². The molecular formula is C19H24ClFN4O2. The molecule has 2 aromatic rings. The van der Waals surface area contributed by atoms with E-state index in [0.717, 1.165) is 36.2 Å². The lowest BCUT2D eigenvalue weighted by Crippen LogP contribution is -2.32. The lowest BCUT2D eigenvalue weighted by Gasteiger charge is -2.32. The maximum Gasteiger partial charge on any atom is 0.130 e. The molecule has 0 bridgehead atoms. The minimum absolute atomic E-state index is 0.230. The number of halogens is 2. The van der Waals surface area contributed by atoms with Crippen molar-refractivity contribution in [1.29, 1.82) is 0 Å². The highest BCUT2D eigenvalue weighted by Gasteiger charge is 2.33. The summed E-state index contributed by atoms with van der Waals surface area (Å²) in [6, 6.07) is 2.63. The molecule has 2 atom stereocenters. The molecule has 146 valence electrons. The van der Waals surface area contributed by atoms with Gasteiger partial charge in [0.25, 0.3) is 0 Å². The molecule has 0 saturated heterocycles. The SMILES string of the molecule is CC1(C=O)CCNc2c(Cl)cc(F)cc21.Cn1nc2c(c1N)CCC(O)C2. The van der Waals surface area contributed by atoms with Gasteiger partial charge in [-0.15, -0.1) is 0 Å². The van der Waals surface area contributed by atoms with Gasteiger partial charge in [0.15, 0.2) is 0 Å². The van der Waals surface area contributed by atoms with E-state index in [1.165, 1.54) is 12.1 Å². The molecule has 4 rings (SSSR count). The fraction of sp³-hybridized carbons (Fsp3) is 0.474. The molecule has 2 unspecified atom stereocenters. The number of benzene rings is 1. The van der Waals surface area contributed by atoms with Crippen molar-refractivity contribution in [3.63, 3.8) is 0 Å². The first kappa shape index (κ1) is 19.6. The second-order valence-corrected chi connectivity index (χ2v) is 7.76. The third kappa shape index (κ3) is 3.80. The van der Waals surface area contributed by atoms with Gasteiger partial charge >= 0.3 is 0 Å². The largest absolute Gasteiger partial charge is 0.393 e. The molecule has 1 aromatic heterocycles. The molecule has 1 aliphatic heterocycles. The van der Waals surface area contributed by atoms with Crippen LogP contribution in [-0.4, -0.2) is 33.8 Å². The number of rotatable bonds is 1. The first-order chi connectivity index (χ1) is 12.7. The van der Waals surface area contributed by atoms with Gasteiger partial charge in [-0.05, 0) is 43.9 Å². The lowest BCUT2D eigenvalue weighted by atomic mass is 9.78. The molecule has 0 saturated carbocycles. The number of carbonyl (C=O) groups excluding carboxylic acids is 1. The van der Waals surface area contributed by atoms with Crippen LogP contribution < -0.4 is 11.1 Å². The van der Waals surface area contributed by atoms with E-state index < -0.39 is 11.2 Å². The average molecular weight is 395 g/mol. The number of aliphatic hydroxyl groups excluding tert-OH is 1. The molecule has 4 N–H and O–H groups in total. The average Bonchev–Trinajstić information content (AvgIpc) is 2.90. The van der Waals surface area contributed by atoms with Gasteiger partial charge in [0.1, 0.15) is 17.9 Å². The molecule has 2 aliphatic rings. The van der Waals surface area contributed by atoms with Crippen LogP contribution in [-0.2, 0) is 30.1 Å². The third-order valence-electron chi connectivity index (χ3n) is 5.31. The normalized spacial score (nSPS) is 23.4. The van der Waals surface area contributed by atoms with Crippen LogP contribution in [0.2, 0.25) is 5.02 Å². The highest BCUT2D eigenvalue weighted by molar-refractivity contribution is 6.33. The Labute approximate surface area is 162 Å². The van der Waals surface area contributed by atoms with Crippen molar-refractivity contribution in [3.8, 4) is 0 Å². The predicted octanol–water partition coefficient (Wildman–Crippen LogP) is 2.60. The topological polar surface area (TPSA) is 93.2 Å². The number of hydrogen-bond acceptors (Lipinski definition) is 5. The number of nitrogens with one attached hydrogen (secondary N) is 1. The summed E-state index contributed by atoms with van der Waals surface area (Å²) in [6.07, 6.45) is 3.61. The summed E-state index contributed by atoms with van der Waals surface area (Å²) >= 11 is 5.91. The van der Waals surface area contributed by atoms with Gasteiger partial charge in [-0.2, -0.15) is 5.10 Å². The van der Waals surface area contributed by atoms with Crippen molar-refractivity contribution in [1.82, 2.24) is 9.78 Å². The van der Waals surface area contributed by atoms with Gasteiger partial charge in [0, 0.05) is 25.6 Å². The van der Waals surface area contributed by atoms with Gasteiger partial charge in [-0.3, -0.25) is 4.68 Å². The maximum absolute atomic E-state index is 13.2. The standard InChI is InChI=1S/C11H11ClFNO.C8H13N3O/c1-11(6-15)2-3-14-10-8(11)4-7(13)5-9(10)12;1-11-8(9)6-3-2-5(12)4-7(6)10-11/h4-6,14H,2-3H2,1H3;5,12H,2-4,9H2,1H3. The Kier molecular flexibility index (Phi) is 5.44. The Hall–Kier alpha value is -2.12. The number of aliphatic hydroxyl groups is 1. The number of nitrogens with zero attached hydrogens (tertiary/aromatic N) is 2. The molecule has 0 fully saturated rings. The number of anilines is 2. The van der Waals surface area contributed by atoms with Crippen molar-refractivity contribution in [2.45, 2.75) is 44.1 Å². The quantitative estimate of drug-likeness (QED) is 0.646. The van der Waals surface area contributed by atoms with E-state index in [4.69, 9.17) is 17.3 Å². The van der Waals surface area contributed by atoms with E-state index in [0.29, 0.717) is 35.7 Å². The van der Waals surface area contributed by atoms with Gasteiger partial charge in [-0.1, -0.05) is 11.6 Å². The molecule has 27 heavy (non-hydrogen) atoms. The van der Waals surface area contributed by atoms with Crippen molar-refractivity contribution in [2.75, 3.05) is 17.6 Å². The second-order valence-electron chi connectivity index (χ2n) is 7.35. The van der Waals surface area contributed by atoms with Crippen LogP contribution in [0.1, 0.15) is 36.6 Å². The third-order valence-corrected chi connectivity index (χ3v) is 5.61. The first-order valence-corrected chi connectivity index (χ1v) is 9.31. The summed E-state index contributed by atoms with van der Waals surface area (Å²) in [4.78, 5) is 11.1. The minimum Gasteiger partial charge on any atom is -0.393 e. The Morgan fingerprint density at radius 2 is 2.26 bits per heavy atom.